The van der Waals surface area contributed by atoms with Crippen LogP contribution in [0.15, 0.2) is 64.2 Å². The fourth-order valence-electron chi connectivity index (χ4n) is 1.77. The molecule has 0 heterocycles. The first-order valence-corrected chi connectivity index (χ1v) is 6.49. The summed E-state index contributed by atoms with van der Waals surface area (Å²) < 4.78 is 1.02. The van der Waals surface area contributed by atoms with Gasteiger partial charge in [-0.15, -0.1) is 0 Å². The zero-order valence-electron chi connectivity index (χ0n) is 10.1. The van der Waals surface area contributed by atoms with E-state index in [0.717, 1.165) is 22.2 Å². The second-order valence-corrected chi connectivity index (χ2v) is 4.72. The van der Waals surface area contributed by atoms with Crippen molar-refractivity contribution in [3.8, 4) is 0 Å². The van der Waals surface area contributed by atoms with Gasteiger partial charge in [0.05, 0.1) is 5.71 Å². The molecule has 0 saturated carbocycles. The Hall–Kier alpha value is -1.61. The van der Waals surface area contributed by atoms with Crippen LogP contribution in [0.4, 0.5) is 0 Å². The maximum Gasteiger partial charge on any atom is 0.106 e. The summed E-state index contributed by atoms with van der Waals surface area (Å²) in [5, 5.41) is 4.14. The van der Waals surface area contributed by atoms with Crippen LogP contribution in [0.5, 0.6) is 0 Å². The first-order valence-electron chi connectivity index (χ1n) is 5.70. The van der Waals surface area contributed by atoms with Crippen molar-refractivity contribution in [1.82, 2.24) is 0 Å². The van der Waals surface area contributed by atoms with E-state index >= 15 is 0 Å². The van der Waals surface area contributed by atoms with Gasteiger partial charge in [-0.3, -0.25) is 0 Å². The van der Waals surface area contributed by atoms with E-state index in [-0.39, 0.29) is 0 Å². The van der Waals surface area contributed by atoms with Crippen LogP contribution in [-0.2, 0) is 11.3 Å². The molecule has 0 bridgehead atoms. The summed E-state index contributed by atoms with van der Waals surface area (Å²) in [7, 11) is 1.57. The minimum Gasteiger partial charge on any atom is -0.399 e. The van der Waals surface area contributed by atoms with Crippen LogP contribution in [0, 0.1) is 0 Å². The highest BCUT2D eigenvalue weighted by molar-refractivity contribution is 9.10. The Balaban J connectivity index is 2.31. The first kappa shape index (κ1) is 12.8. The van der Waals surface area contributed by atoms with Crippen LogP contribution in [-0.4, -0.2) is 12.8 Å². The molecule has 0 radical (unpaired) electrons. The zero-order valence-corrected chi connectivity index (χ0v) is 11.7. The van der Waals surface area contributed by atoms with Gasteiger partial charge in [-0.05, 0) is 11.6 Å². The molecule has 0 amide bonds. The monoisotopic (exact) mass is 303 g/mol. The van der Waals surface area contributed by atoms with Crippen LogP contribution in [0.25, 0.3) is 0 Å². The number of hydrogen-bond acceptors (Lipinski definition) is 2. The molecule has 0 saturated heterocycles. The van der Waals surface area contributed by atoms with Crippen LogP contribution in [0.2, 0.25) is 0 Å². The molecule has 0 aliphatic carbocycles. The zero-order chi connectivity index (χ0) is 12.8. The van der Waals surface area contributed by atoms with Crippen LogP contribution < -0.4 is 0 Å². The molecule has 0 aliphatic rings. The Bertz CT molecular complexity index is 537. The molecule has 2 rings (SSSR count). The molecule has 0 aromatic heterocycles. The smallest absolute Gasteiger partial charge is 0.106 e. The van der Waals surface area contributed by atoms with Gasteiger partial charge in [0.25, 0.3) is 0 Å². The third-order valence-electron chi connectivity index (χ3n) is 2.60. The summed E-state index contributed by atoms with van der Waals surface area (Å²) >= 11 is 3.54. The molecule has 0 spiro atoms. The quantitative estimate of drug-likeness (QED) is 0.617. The second-order valence-electron chi connectivity index (χ2n) is 3.86. The van der Waals surface area contributed by atoms with E-state index in [1.807, 2.05) is 42.5 Å². The van der Waals surface area contributed by atoms with Crippen molar-refractivity contribution in [1.29, 1.82) is 0 Å². The molecule has 92 valence electrons. The second kappa shape index (κ2) is 6.36. The summed E-state index contributed by atoms with van der Waals surface area (Å²) in [5.74, 6) is 0. The van der Waals surface area contributed by atoms with Gasteiger partial charge in [0.15, 0.2) is 0 Å². The van der Waals surface area contributed by atoms with Gasteiger partial charge in [0.2, 0.25) is 0 Å². The summed E-state index contributed by atoms with van der Waals surface area (Å²) in [5.41, 5.74) is 3.18. The van der Waals surface area contributed by atoms with Crippen molar-refractivity contribution in [2.75, 3.05) is 7.11 Å². The Morgan fingerprint density at radius 1 is 1.06 bits per heavy atom. The average Bonchev–Trinajstić information content (AvgIpc) is 2.40. The molecule has 0 atom stereocenters. The summed E-state index contributed by atoms with van der Waals surface area (Å²) in [6, 6.07) is 18.3. The van der Waals surface area contributed by atoms with Crippen molar-refractivity contribution in [3.63, 3.8) is 0 Å². The van der Waals surface area contributed by atoms with Crippen molar-refractivity contribution in [2.24, 2.45) is 5.16 Å². The molecule has 0 aliphatic heterocycles. The molecule has 0 fully saturated rings. The fourth-order valence-corrected chi connectivity index (χ4v) is 2.28. The Kier molecular flexibility index (Phi) is 4.53. The Morgan fingerprint density at radius 2 is 1.72 bits per heavy atom. The Labute approximate surface area is 115 Å². The number of rotatable bonds is 4. The predicted molar refractivity (Wildman–Crippen MR) is 77.8 cm³/mol. The third-order valence-corrected chi connectivity index (χ3v) is 3.29. The average molecular weight is 304 g/mol. The minimum atomic E-state index is 0.747. The molecular formula is C15H14BrNO. The minimum absolute atomic E-state index is 0.747. The number of oxime groups is 1. The number of benzene rings is 2. The molecule has 0 unspecified atom stereocenters. The van der Waals surface area contributed by atoms with E-state index in [9.17, 15) is 0 Å². The largest absolute Gasteiger partial charge is 0.399 e. The fraction of sp³-hybridized carbons (Fsp3) is 0.133. The standard InChI is InChI=1S/C15H14BrNO/c1-18-17-15(11-12-7-3-2-4-8-12)13-9-5-6-10-14(13)16/h2-10H,11H2,1H3/b17-15-. The molecule has 2 aromatic rings. The molecule has 0 N–H and O–H groups in total. The van der Waals surface area contributed by atoms with Crippen LogP contribution >= 0.6 is 15.9 Å². The lowest BCUT2D eigenvalue weighted by Gasteiger charge is -2.08. The predicted octanol–water partition coefficient (Wildman–Crippen LogP) is 4.04. The van der Waals surface area contributed by atoms with Gasteiger partial charge < -0.3 is 4.84 Å². The van der Waals surface area contributed by atoms with Gasteiger partial charge in [0.1, 0.15) is 7.11 Å². The van der Waals surface area contributed by atoms with E-state index in [1.54, 1.807) is 7.11 Å². The van der Waals surface area contributed by atoms with Crippen molar-refractivity contribution >= 4 is 21.6 Å². The van der Waals surface area contributed by atoms with E-state index in [0.29, 0.717) is 0 Å². The topological polar surface area (TPSA) is 21.6 Å². The highest BCUT2D eigenvalue weighted by Gasteiger charge is 2.09. The summed E-state index contributed by atoms with van der Waals surface area (Å²) in [4.78, 5) is 4.95. The van der Waals surface area contributed by atoms with Crippen molar-refractivity contribution in [3.05, 3.63) is 70.2 Å². The molecule has 18 heavy (non-hydrogen) atoms. The molecule has 3 heteroatoms. The molecular weight excluding hydrogens is 290 g/mol. The van der Waals surface area contributed by atoms with Gasteiger partial charge in [0, 0.05) is 16.5 Å². The normalized spacial score (nSPS) is 11.3. The lowest BCUT2D eigenvalue weighted by molar-refractivity contribution is 0.213. The van der Waals surface area contributed by atoms with Crippen LogP contribution in [0.3, 0.4) is 0 Å². The van der Waals surface area contributed by atoms with E-state index in [4.69, 9.17) is 4.84 Å². The SMILES string of the molecule is CO/N=C(/Cc1ccccc1)c1ccccc1Br. The summed E-state index contributed by atoms with van der Waals surface area (Å²) in [6.45, 7) is 0. The Morgan fingerprint density at radius 3 is 2.39 bits per heavy atom. The highest BCUT2D eigenvalue weighted by atomic mass is 79.9. The third kappa shape index (κ3) is 3.20. The first-order chi connectivity index (χ1) is 8.81. The lowest BCUT2D eigenvalue weighted by Crippen LogP contribution is -2.06. The van der Waals surface area contributed by atoms with E-state index in [1.165, 1.54) is 5.56 Å². The maximum atomic E-state index is 4.95. The maximum absolute atomic E-state index is 4.95. The molecule has 2 aromatic carbocycles. The van der Waals surface area contributed by atoms with E-state index < -0.39 is 0 Å². The van der Waals surface area contributed by atoms with Gasteiger partial charge in [-0.1, -0.05) is 69.6 Å². The van der Waals surface area contributed by atoms with Gasteiger partial charge in [-0.25, -0.2) is 0 Å². The number of hydrogen-bond donors (Lipinski definition) is 0. The van der Waals surface area contributed by atoms with Crippen molar-refractivity contribution in [2.45, 2.75) is 6.42 Å². The number of halogens is 1. The van der Waals surface area contributed by atoms with E-state index in [2.05, 4.69) is 33.2 Å². The number of nitrogens with zero attached hydrogens (tertiary/aromatic N) is 1. The highest BCUT2D eigenvalue weighted by Crippen LogP contribution is 2.19. The van der Waals surface area contributed by atoms with Gasteiger partial charge in [-0.2, -0.15) is 0 Å². The summed E-state index contributed by atoms with van der Waals surface area (Å²) in [6.07, 6.45) is 0.747. The van der Waals surface area contributed by atoms with Crippen LogP contribution in [0.1, 0.15) is 11.1 Å². The van der Waals surface area contributed by atoms with Gasteiger partial charge >= 0.3 is 0 Å². The molecule has 2 nitrogen and oxygen atoms in total. The lowest BCUT2D eigenvalue weighted by atomic mass is 10.0. The van der Waals surface area contributed by atoms with Crippen molar-refractivity contribution < 1.29 is 4.84 Å².